The van der Waals surface area contributed by atoms with Crippen molar-refractivity contribution >= 4 is 23.7 Å². The Morgan fingerprint density at radius 1 is 1.02 bits per heavy atom. The van der Waals surface area contributed by atoms with Crippen LogP contribution in [0.15, 0.2) is 41.3 Å². The minimum absolute atomic E-state index is 0.0614. The van der Waals surface area contributed by atoms with Crippen LogP contribution in [0.5, 0.6) is 0 Å². The molecule has 3 aliphatic rings. The van der Waals surface area contributed by atoms with Crippen molar-refractivity contribution in [2.45, 2.75) is 38.8 Å². The second-order valence-electron chi connectivity index (χ2n) is 11.8. The van der Waals surface area contributed by atoms with Crippen LogP contribution in [0.2, 0.25) is 0 Å². The summed E-state index contributed by atoms with van der Waals surface area (Å²) in [7, 11) is 0. The Kier molecular flexibility index (Phi) is 7.40. The highest BCUT2D eigenvalue weighted by Crippen LogP contribution is 2.51. The zero-order chi connectivity index (χ0) is 28.8. The third-order valence-corrected chi connectivity index (χ3v) is 8.36. The first-order valence-corrected chi connectivity index (χ1v) is 13.8. The number of hydrogen-bond donors (Lipinski definition) is 3. The van der Waals surface area contributed by atoms with Crippen molar-refractivity contribution in [3.8, 4) is 5.69 Å². The van der Waals surface area contributed by atoms with Crippen LogP contribution in [-0.4, -0.2) is 92.9 Å². The van der Waals surface area contributed by atoms with Gasteiger partial charge in [-0.1, -0.05) is 12.1 Å². The van der Waals surface area contributed by atoms with Crippen LogP contribution in [0.3, 0.4) is 0 Å². The van der Waals surface area contributed by atoms with Gasteiger partial charge in [-0.2, -0.15) is 4.98 Å². The van der Waals surface area contributed by atoms with Gasteiger partial charge in [-0.3, -0.25) is 24.4 Å². The predicted molar refractivity (Wildman–Crippen MR) is 150 cm³/mol. The van der Waals surface area contributed by atoms with Gasteiger partial charge in [-0.25, -0.2) is 9.59 Å². The first-order chi connectivity index (χ1) is 18.9. The molecule has 5 rings (SSSR count). The van der Waals surface area contributed by atoms with Crippen molar-refractivity contribution in [3.05, 3.63) is 52.6 Å². The smallest absolute Gasteiger partial charge is 0.354 e. The van der Waals surface area contributed by atoms with Gasteiger partial charge in [0.2, 0.25) is 11.8 Å². The Morgan fingerprint density at radius 3 is 2.17 bits per heavy atom. The highest BCUT2D eigenvalue weighted by molar-refractivity contribution is 5.89. The summed E-state index contributed by atoms with van der Waals surface area (Å²) in [5, 5.41) is 2.68. The van der Waals surface area contributed by atoms with Crippen LogP contribution < -0.4 is 22.5 Å². The zero-order valence-electron chi connectivity index (χ0n) is 23.2. The fraction of sp³-hybridized carbons (Fsp3) is 0.536. The number of benzene rings is 1. The number of nitrogens with one attached hydrogen (secondary N) is 1. The summed E-state index contributed by atoms with van der Waals surface area (Å²) in [5.74, 6) is 0.742. The van der Waals surface area contributed by atoms with Crippen molar-refractivity contribution in [2.24, 2.45) is 29.2 Å². The molecule has 12 nitrogen and oxygen atoms in total. The number of anilines is 1. The van der Waals surface area contributed by atoms with Crippen molar-refractivity contribution < 1.29 is 14.4 Å². The molecule has 1 saturated carbocycles. The van der Waals surface area contributed by atoms with Crippen molar-refractivity contribution in [1.82, 2.24) is 24.3 Å². The molecular weight excluding hydrogens is 512 g/mol. The van der Waals surface area contributed by atoms with Gasteiger partial charge in [0, 0.05) is 57.4 Å². The molecule has 214 valence electrons. The summed E-state index contributed by atoms with van der Waals surface area (Å²) < 4.78 is 1.43. The minimum atomic E-state index is -0.955. The molecule has 1 aromatic carbocycles. The van der Waals surface area contributed by atoms with E-state index in [1.165, 1.54) is 4.57 Å². The van der Waals surface area contributed by atoms with Gasteiger partial charge in [0.1, 0.15) is 5.82 Å². The molecule has 5 N–H and O–H groups in total. The van der Waals surface area contributed by atoms with Crippen LogP contribution in [0, 0.1) is 17.8 Å². The van der Waals surface area contributed by atoms with Gasteiger partial charge in [0.25, 0.3) is 0 Å². The quantitative estimate of drug-likeness (QED) is 0.445. The SMILES string of the molecule is CC(Cc1ccc(-n2ccc(NC(=O)N3CCN(C(=O)C(C)(C)N)CC3)nc2=O)cc1)N1C[C@@H]2C(C(N)=O)[C@@H]2C1. The first-order valence-electron chi connectivity index (χ1n) is 13.8. The third kappa shape index (κ3) is 5.73. The number of aromatic nitrogens is 2. The number of carbonyl (C=O) groups is 3. The third-order valence-electron chi connectivity index (χ3n) is 8.36. The molecule has 1 aromatic heterocycles. The Balaban J connectivity index is 1.13. The van der Waals surface area contributed by atoms with Crippen molar-refractivity contribution in [1.29, 1.82) is 0 Å². The molecule has 0 radical (unpaired) electrons. The maximum absolute atomic E-state index is 12.7. The second-order valence-corrected chi connectivity index (χ2v) is 11.8. The molecular formula is C28H38N8O4. The number of likely N-dealkylation sites (tertiary alicyclic amines) is 1. The van der Waals surface area contributed by atoms with Crippen LogP contribution in [0.4, 0.5) is 10.6 Å². The maximum Gasteiger partial charge on any atom is 0.354 e. The van der Waals surface area contributed by atoms with E-state index in [0.717, 1.165) is 25.1 Å². The molecule has 12 heteroatoms. The lowest BCUT2D eigenvalue weighted by atomic mass is 10.0. The topological polar surface area (TPSA) is 160 Å². The molecule has 4 atom stereocenters. The second kappa shape index (κ2) is 10.7. The largest absolute Gasteiger partial charge is 0.369 e. The van der Waals surface area contributed by atoms with Gasteiger partial charge < -0.3 is 21.3 Å². The number of piperazine rings is 1. The minimum Gasteiger partial charge on any atom is -0.369 e. The van der Waals surface area contributed by atoms with E-state index >= 15 is 0 Å². The highest BCUT2D eigenvalue weighted by Gasteiger charge is 2.59. The summed E-state index contributed by atoms with van der Waals surface area (Å²) in [5.41, 5.74) is 11.8. The Bertz CT molecular complexity index is 1330. The molecule has 1 aliphatic carbocycles. The number of nitrogens with zero attached hydrogens (tertiary/aromatic N) is 5. The Morgan fingerprint density at radius 2 is 1.62 bits per heavy atom. The summed E-state index contributed by atoms with van der Waals surface area (Å²) in [4.78, 5) is 59.0. The summed E-state index contributed by atoms with van der Waals surface area (Å²) >= 11 is 0. The highest BCUT2D eigenvalue weighted by atomic mass is 16.2. The van der Waals surface area contributed by atoms with Gasteiger partial charge >= 0.3 is 11.7 Å². The molecule has 0 bridgehead atoms. The Hall–Kier alpha value is -3.77. The van der Waals surface area contributed by atoms with E-state index in [9.17, 15) is 19.2 Å². The van der Waals surface area contributed by atoms with Crippen LogP contribution >= 0.6 is 0 Å². The standard InChI is InChI=1S/C28H38N8O4/c1-17(35-15-20-21(16-35)23(20)24(29)37)14-18-4-6-19(7-5-18)36-9-8-22(32-27(36)40)31-26(39)34-12-10-33(11-13-34)25(38)28(2,3)30/h4-9,17,20-21,23H,10-16,30H2,1-3H3,(H2,29,37)(H,31,32,39,40)/t17?,20-,21+,23?. The number of hydrogen-bond acceptors (Lipinski definition) is 7. The molecule has 3 heterocycles. The van der Waals surface area contributed by atoms with E-state index < -0.39 is 11.2 Å². The van der Waals surface area contributed by atoms with Gasteiger partial charge in [-0.05, 0) is 62.8 Å². The lowest BCUT2D eigenvalue weighted by molar-refractivity contribution is -0.137. The fourth-order valence-electron chi connectivity index (χ4n) is 5.98. The van der Waals surface area contributed by atoms with Crippen LogP contribution in [0.1, 0.15) is 26.3 Å². The number of amides is 4. The molecule has 2 aliphatic heterocycles. The lowest BCUT2D eigenvalue weighted by Gasteiger charge is -2.37. The number of carbonyl (C=O) groups excluding carboxylic acids is 3. The van der Waals surface area contributed by atoms with Gasteiger partial charge in [0.15, 0.2) is 0 Å². The molecule has 2 unspecified atom stereocenters. The maximum atomic E-state index is 12.7. The predicted octanol–water partition coefficient (Wildman–Crippen LogP) is 0.240. The first kappa shape index (κ1) is 27.8. The molecule has 2 aromatic rings. The normalized spacial score (nSPS) is 23.4. The van der Waals surface area contributed by atoms with Gasteiger partial charge in [-0.15, -0.1) is 0 Å². The average Bonchev–Trinajstić information content (AvgIpc) is 3.42. The zero-order valence-corrected chi connectivity index (χ0v) is 23.2. The number of primary amides is 1. The molecule has 40 heavy (non-hydrogen) atoms. The van der Waals surface area contributed by atoms with E-state index in [1.807, 2.05) is 24.3 Å². The van der Waals surface area contributed by atoms with E-state index in [-0.39, 0.29) is 29.6 Å². The van der Waals surface area contributed by atoms with E-state index in [0.29, 0.717) is 49.7 Å². The monoisotopic (exact) mass is 550 g/mol. The number of piperidine rings is 1. The average molecular weight is 551 g/mol. The summed E-state index contributed by atoms with van der Waals surface area (Å²) in [6.07, 6.45) is 2.46. The number of nitrogens with two attached hydrogens (primary N) is 2. The van der Waals surface area contributed by atoms with E-state index in [1.54, 1.807) is 35.9 Å². The summed E-state index contributed by atoms with van der Waals surface area (Å²) in [6, 6.07) is 9.34. The van der Waals surface area contributed by atoms with Crippen LogP contribution in [-0.2, 0) is 16.0 Å². The van der Waals surface area contributed by atoms with Crippen molar-refractivity contribution in [2.75, 3.05) is 44.6 Å². The van der Waals surface area contributed by atoms with Crippen molar-refractivity contribution in [3.63, 3.8) is 0 Å². The van der Waals surface area contributed by atoms with E-state index in [4.69, 9.17) is 11.5 Å². The number of fused-ring (bicyclic) bond motifs is 1. The van der Waals surface area contributed by atoms with Crippen LogP contribution in [0.25, 0.3) is 5.69 Å². The van der Waals surface area contributed by atoms with E-state index in [2.05, 4.69) is 22.1 Å². The molecule has 3 fully saturated rings. The molecule has 0 spiro atoms. The molecule has 2 saturated heterocycles. The number of rotatable bonds is 7. The number of urea groups is 1. The lowest BCUT2D eigenvalue weighted by Crippen LogP contribution is -2.58. The molecule has 4 amide bonds. The van der Waals surface area contributed by atoms with Gasteiger partial charge in [0.05, 0.1) is 11.2 Å². The Labute approximate surface area is 233 Å². The summed E-state index contributed by atoms with van der Waals surface area (Å²) in [6.45, 7) is 8.88. The fourth-order valence-corrected chi connectivity index (χ4v) is 5.98.